The van der Waals surface area contributed by atoms with Gasteiger partial charge in [0.1, 0.15) is 11.7 Å². The van der Waals surface area contributed by atoms with Crippen molar-refractivity contribution in [2.45, 2.75) is 19.8 Å². The minimum atomic E-state index is -1.02. The van der Waals surface area contributed by atoms with Crippen molar-refractivity contribution in [2.24, 2.45) is 5.92 Å². The van der Waals surface area contributed by atoms with Crippen LogP contribution in [-0.4, -0.2) is 17.6 Å². The van der Waals surface area contributed by atoms with Crippen LogP contribution in [0.1, 0.15) is 25.3 Å². The molecule has 0 radical (unpaired) electrons. The maximum absolute atomic E-state index is 13.7. The lowest BCUT2D eigenvalue weighted by atomic mass is 9.74. The fourth-order valence-electron chi connectivity index (χ4n) is 4.32. The van der Waals surface area contributed by atoms with Gasteiger partial charge in [0.15, 0.2) is 0 Å². The molecular formula is C27H23BrN2O3. The number of allylic oxidation sites excluding steroid dienone is 1. The molecule has 0 saturated carbocycles. The predicted molar refractivity (Wildman–Crippen MR) is 133 cm³/mol. The quantitative estimate of drug-likeness (QED) is 0.455. The fourth-order valence-corrected chi connectivity index (χ4v) is 4.58. The zero-order chi connectivity index (χ0) is 23.5. The molecule has 2 atom stereocenters. The number of nitrogens with zero attached hydrogens (tertiary/aromatic N) is 1. The third-order valence-corrected chi connectivity index (χ3v) is 6.34. The maximum Gasteiger partial charge on any atom is 0.254 e. The number of hydrogen-bond acceptors (Lipinski definition) is 3. The standard InChI is InChI=1S/C27H23BrN2O3/c1-17-23(26(32)29-21-9-5-3-6-10-21)25(19-13-15-20(28)16-14-19)24(18(2)31)27(33)30(17)22-11-7-4-8-12-22/h3-16,24-25H,1-2H3,(H,29,32)/t24-,25+/m1/s1. The summed E-state index contributed by atoms with van der Waals surface area (Å²) in [5, 5.41) is 2.94. The highest BCUT2D eigenvalue weighted by molar-refractivity contribution is 9.10. The zero-order valence-corrected chi connectivity index (χ0v) is 19.9. The van der Waals surface area contributed by atoms with E-state index in [4.69, 9.17) is 0 Å². The van der Waals surface area contributed by atoms with E-state index in [2.05, 4.69) is 21.2 Å². The number of rotatable bonds is 5. The van der Waals surface area contributed by atoms with Crippen molar-refractivity contribution >= 4 is 44.9 Å². The largest absolute Gasteiger partial charge is 0.322 e. The molecule has 2 amide bonds. The van der Waals surface area contributed by atoms with Gasteiger partial charge in [0.05, 0.1) is 0 Å². The number of ketones is 1. The van der Waals surface area contributed by atoms with Gasteiger partial charge in [-0.2, -0.15) is 0 Å². The number of carbonyl (C=O) groups excluding carboxylic acids is 3. The molecule has 0 bridgehead atoms. The fraction of sp³-hybridized carbons (Fsp3) is 0.148. The molecule has 5 nitrogen and oxygen atoms in total. The molecule has 1 aliphatic heterocycles. The molecule has 0 fully saturated rings. The van der Waals surface area contributed by atoms with E-state index in [9.17, 15) is 14.4 Å². The van der Waals surface area contributed by atoms with Crippen molar-refractivity contribution in [1.82, 2.24) is 0 Å². The van der Waals surface area contributed by atoms with Crippen molar-refractivity contribution in [2.75, 3.05) is 10.2 Å². The summed E-state index contributed by atoms with van der Waals surface area (Å²) >= 11 is 3.43. The van der Waals surface area contributed by atoms with E-state index < -0.39 is 11.8 Å². The minimum absolute atomic E-state index is 0.286. The molecule has 4 rings (SSSR count). The second kappa shape index (κ2) is 9.55. The van der Waals surface area contributed by atoms with Crippen LogP contribution in [0.25, 0.3) is 0 Å². The van der Waals surface area contributed by atoms with Crippen LogP contribution in [0.2, 0.25) is 0 Å². The van der Waals surface area contributed by atoms with Crippen molar-refractivity contribution in [3.63, 3.8) is 0 Å². The van der Waals surface area contributed by atoms with Crippen LogP contribution in [0, 0.1) is 5.92 Å². The second-order valence-electron chi connectivity index (χ2n) is 7.95. The molecule has 33 heavy (non-hydrogen) atoms. The Hall–Kier alpha value is -3.51. The Morgan fingerprint density at radius 3 is 2.03 bits per heavy atom. The summed E-state index contributed by atoms with van der Waals surface area (Å²) < 4.78 is 0.870. The number of benzene rings is 3. The van der Waals surface area contributed by atoms with Crippen LogP contribution >= 0.6 is 15.9 Å². The van der Waals surface area contributed by atoms with Crippen molar-refractivity contribution < 1.29 is 14.4 Å². The Bertz CT molecular complexity index is 1220. The highest BCUT2D eigenvalue weighted by atomic mass is 79.9. The van der Waals surface area contributed by atoms with Gasteiger partial charge in [-0.15, -0.1) is 0 Å². The summed E-state index contributed by atoms with van der Waals surface area (Å²) in [6.07, 6.45) is 0. The third-order valence-electron chi connectivity index (χ3n) is 5.81. The van der Waals surface area contributed by atoms with Gasteiger partial charge in [-0.1, -0.05) is 64.5 Å². The minimum Gasteiger partial charge on any atom is -0.322 e. The lowest BCUT2D eigenvalue weighted by Crippen LogP contribution is -2.48. The van der Waals surface area contributed by atoms with E-state index in [1.807, 2.05) is 60.7 Å². The van der Waals surface area contributed by atoms with Crippen molar-refractivity contribution in [3.05, 3.63) is 106 Å². The summed E-state index contributed by atoms with van der Waals surface area (Å²) in [4.78, 5) is 41.7. The molecule has 0 aromatic heterocycles. The number of carbonyl (C=O) groups is 3. The van der Waals surface area contributed by atoms with Gasteiger partial charge in [-0.05, 0) is 55.8 Å². The van der Waals surface area contributed by atoms with Gasteiger partial charge in [0.2, 0.25) is 5.91 Å². The molecular weight excluding hydrogens is 480 g/mol. The molecule has 1 heterocycles. The maximum atomic E-state index is 13.7. The van der Waals surface area contributed by atoms with Gasteiger partial charge >= 0.3 is 0 Å². The summed E-state index contributed by atoms with van der Waals surface area (Å²) in [7, 11) is 0. The highest BCUT2D eigenvalue weighted by Crippen LogP contribution is 2.43. The van der Waals surface area contributed by atoms with Crippen LogP contribution in [0.4, 0.5) is 11.4 Å². The van der Waals surface area contributed by atoms with Crippen LogP contribution in [0.3, 0.4) is 0 Å². The number of amides is 2. The number of nitrogens with one attached hydrogen (secondary N) is 1. The topological polar surface area (TPSA) is 66.5 Å². The van der Waals surface area contributed by atoms with Crippen LogP contribution in [0.5, 0.6) is 0 Å². The summed E-state index contributed by atoms with van der Waals surface area (Å²) in [6, 6.07) is 25.6. The number of hydrogen-bond donors (Lipinski definition) is 1. The molecule has 0 spiro atoms. The number of para-hydroxylation sites is 2. The molecule has 3 aromatic carbocycles. The highest BCUT2D eigenvalue weighted by Gasteiger charge is 2.46. The Labute approximate surface area is 201 Å². The molecule has 1 aliphatic rings. The molecule has 0 unspecified atom stereocenters. The normalized spacial score (nSPS) is 18.3. The van der Waals surface area contributed by atoms with E-state index in [1.54, 1.807) is 31.2 Å². The first kappa shape index (κ1) is 22.7. The van der Waals surface area contributed by atoms with Gasteiger partial charge in [-0.3, -0.25) is 19.3 Å². The molecule has 166 valence electrons. The lowest BCUT2D eigenvalue weighted by molar-refractivity contribution is -0.132. The molecule has 0 aliphatic carbocycles. The monoisotopic (exact) mass is 502 g/mol. The van der Waals surface area contributed by atoms with Crippen LogP contribution in [0.15, 0.2) is 101 Å². The van der Waals surface area contributed by atoms with Crippen LogP contribution in [-0.2, 0) is 14.4 Å². The molecule has 6 heteroatoms. The van der Waals surface area contributed by atoms with E-state index in [-0.39, 0.29) is 17.6 Å². The molecule has 0 saturated heterocycles. The van der Waals surface area contributed by atoms with E-state index in [0.717, 1.165) is 10.0 Å². The number of halogens is 1. The summed E-state index contributed by atoms with van der Waals surface area (Å²) in [5.41, 5.74) is 2.89. The predicted octanol–water partition coefficient (Wildman–Crippen LogP) is 5.70. The van der Waals surface area contributed by atoms with Gasteiger partial charge in [0, 0.05) is 33.0 Å². The van der Waals surface area contributed by atoms with Crippen molar-refractivity contribution in [3.8, 4) is 0 Å². The third kappa shape index (κ3) is 4.52. The lowest BCUT2D eigenvalue weighted by Gasteiger charge is -2.39. The Balaban J connectivity index is 1.92. The Morgan fingerprint density at radius 1 is 0.879 bits per heavy atom. The Kier molecular flexibility index (Phi) is 6.56. The first-order valence-electron chi connectivity index (χ1n) is 10.6. The number of anilines is 2. The Morgan fingerprint density at radius 2 is 1.45 bits per heavy atom. The smallest absolute Gasteiger partial charge is 0.254 e. The average molecular weight is 503 g/mol. The van der Waals surface area contributed by atoms with Crippen molar-refractivity contribution in [1.29, 1.82) is 0 Å². The molecule has 1 N–H and O–H groups in total. The van der Waals surface area contributed by atoms with E-state index >= 15 is 0 Å². The first-order chi connectivity index (χ1) is 15.9. The molecule has 3 aromatic rings. The zero-order valence-electron chi connectivity index (χ0n) is 18.3. The summed E-state index contributed by atoms with van der Waals surface area (Å²) in [6.45, 7) is 3.16. The second-order valence-corrected chi connectivity index (χ2v) is 8.86. The van der Waals surface area contributed by atoms with E-state index in [0.29, 0.717) is 22.6 Å². The van der Waals surface area contributed by atoms with Gasteiger partial charge in [0.25, 0.3) is 5.91 Å². The first-order valence-corrected chi connectivity index (χ1v) is 11.4. The average Bonchev–Trinajstić information content (AvgIpc) is 2.80. The van der Waals surface area contributed by atoms with Gasteiger partial charge in [-0.25, -0.2) is 0 Å². The SMILES string of the molecule is CC(=O)[C@H]1C(=O)N(c2ccccc2)C(C)=C(C(=O)Nc2ccccc2)[C@@H]1c1ccc(Br)cc1. The van der Waals surface area contributed by atoms with E-state index in [1.165, 1.54) is 11.8 Å². The van der Waals surface area contributed by atoms with Gasteiger partial charge < -0.3 is 5.32 Å². The summed E-state index contributed by atoms with van der Waals surface area (Å²) in [5.74, 6) is -2.69. The van der Waals surface area contributed by atoms with Crippen LogP contribution < -0.4 is 10.2 Å². The number of Topliss-reactive ketones (excluding diaryl/α,β-unsaturated/α-hetero) is 1.